The van der Waals surface area contributed by atoms with Crippen molar-refractivity contribution in [2.24, 2.45) is 5.92 Å². The molecular formula is C13H16BrN. The molecule has 0 saturated heterocycles. The van der Waals surface area contributed by atoms with Gasteiger partial charge in [0.15, 0.2) is 0 Å². The molecule has 80 valence electrons. The average molecular weight is 266 g/mol. The van der Waals surface area contributed by atoms with Crippen LogP contribution in [0.1, 0.15) is 30.7 Å². The minimum Gasteiger partial charge on any atom is -0.314 e. The number of halogens is 1. The van der Waals surface area contributed by atoms with Gasteiger partial charge in [0.2, 0.25) is 0 Å². The van der Waals surface area contributed by atoms with Crippen LogP contribution >= 0.6 is 15.9 Å². The van der Waals surface area contributed by atoms with Crippen LogP contribution in [0, 0.1) is 5.92 Å². The SMILES string of the molecule is Brc1cccc(C2CC2CNC2CC2)c1. The van der Waals surface area contributed by atoms with Gasteiger partial charge in [-0.25, -0.2) is 0 Å². The van der Waals surface area contributed by atoms with Crippen molar-refractivity contribution in [3.05, 3.63) is 34.3 Å². The zero-order valence-electron chi connectivity index (χ0n) is 8.75. The van der Waals surface area contributed by atoms with Gasteiger partial charge in [-0.3, -0.25) is 0 Å². The molecular weight excluding hydrogens is 250 g/mol. The van der Waals surface area contributed by atoms with Crippen molar-refractivity contribution in [2.75, 3.05) is 6.54 Å². The molecule has 1 aromatic carbocycles. The van der Waals surface area contributed by atoms with Crippen LogP contribution in [0.5, 0.6) is 0 Å². The standard InChI is InChI=1S/C13H16BrN/c14-11-3-1-2-9(6-11)13-7-10(13)8-15-12-4-5-12/h1-3,6,10,12-13,15H,4-5,7-8H2. The maximum Gasteiger partial charge on any atom is 0.0178 e. The molecule has 0 heterocycles. The monoisotopic (exact) mass is 265 g/mol. The van der Waals surface area contributed by atoms with Crippen molar-refractivity contribution in [1.29, 1.82) is 0 Å². The van der Waals surface area contributed by atoms with Crippen LogP contribution in [0.2, 0.25) is 0 Å². The van der Waals surface area contributed by atoms with Gasteiger partial charge in [-0.2, -0.15) is 0 Å². The first-order chi connectivity index (χ1) is 7.33. The fourth-order valence-electron chi connectivity index (χ4n) is 2.22. The fraction of sp³-hybridized carbons (Fsp3) is 0.538. The third kappa shape index (κ3) is 2.43. The molecule has 0 aromatic heterocycles. The second kappa shape index (κ2) is 3.91. The first kappa shape index (κ1) is 9.86. The Morgan fingerprint density at radius 2 is 2.20 bits per heavy atom. The minimum absolute atomic E-state index is 0.814. The van der Waals surface area contributed by atoms with Gasteiger partial charge < -0.3 is 5.32 Å². The lowest BCUT2D eigenvalue weighted by Gasteiger charge is -2.02. The van der Waals surface area contributed by atoms with Crippen LogP contribution in [0.4, 0.5) is 0 Å². The highest BCUT2D eigenvalue weighted by Gasteiger charge is 2.38. The third-order valence-corrected chi connectivity index (χ3v) is 3.94. The quantitative estimate of drug-likeness (QED) is 0.881. The van der Waals surface area contributed by atoms with Gasteiger partial charge in [0.1, 0.15) is 0 Å². The average Bonchev–Trinajstić information content (AvgIpc) is 3.11. The van der Waals surface area contributed by atoms with E-state index >= 15 is 0 Å². The molecule has 0 radical (unpaired) electrons. The molecule has 0 amide bonds. The topological polar surface area (TPSA) is 12.0 Å². The van der Waals surface area contributed by atoms with Crippen LogP contribution in [-0.4, -0.2) is 12.6 Å². The summed E-state index contributed by atoms with van der Waals surface area (Å²) in [4.78, 5) is 0. The first-order valence-corrected chi connectivity index (χ1v) is 6.61. The summed E-state index contributed by atoms with van der Waals surface area (Å²) in [5.41, 5.74) is 1.51. The largest absolute Gasteiger partial charge is 0.314 e. The molecule has 2 heteroatoms. The summed E-state index contributed by atoms with van der Waals surface area (Å²) in [6.45, 7) is 1.22. The molecule has 1 N–H and O–H groups in total. The predicted molar refractivity (Wildman–Crippen MR) is 66.0 cm³/mol. The maximum atomic E-state index is 3.62. The van der Waals surface area contributed by atoms with Crippen molar-refractivity contribution in [3.8, 4) is 0 Å². The Balaban J connectivity index is 1.56. The van der Waals surface area contributed by atoms with Crippen molar-refractivity contribution in [3.63, 3.8) is 0 Å². The summed E-state index contributed by atoms with van der Waals surface area (Å²) in [5, 5.41) is 3.62. The number of rotatable bonds is 4. The third-order valence-electron chi connectivity index (χ3n) is 3.45. The van der Waals surface area contributed by atoms with E-state index in [4.69, 9.17) is 0 Å². The number of nitrogens with one attached hydrogen (secondary N) is 1. The molecule has 1 aromatic rings. The number of benzene rings is 1. The van der Waals surface area contributed by atoms with Gasteiger partial charge in [0, 0.05) is 10.5 Å². The molecule has 2 saturated carbocycles. The van der Waals surface area contributed by atoms with Crippen LogP contribution in [0.25, 0.3) is 0 Å². The molecule has 0 spiro atoms. The molecule has 2 aliphatic rings. The fourth-order valence-corrected chi connectivity index (χ4v) is 2.64. The predicted octanol–water partition coefficient (Wildman–Crippen LogP) is 3.30. The van der Waals surface area contributed by atoms with E-state index in [2.05, 4.69) is 45.5 Å². The Morgan fingerprint density at radius 1 is 1.33 bits per heavy atom. The molecule has 2 atom stereocenters. The minimum atomic E-state index is 0.814. The summed E-state index contributed by atoms with van der Waals surface area (Å²) >= 11 is 3.53. The lowest BCUT2D eigenvalue weighted by Crippen LogP contribution is -2.19. The first-order valence-electron chi connectivity index (χ1n) is 5.82. The Hall–Kier alpha value is -0.340. The summed E-state index contributed by atoms with van der Waals surface area (Å²) in [7, 11) is 0. The summed E-state index contributed by atoms with van der Waals surface area (Å²) in [6, 6.07) is 9.62. The Morgan fingerprint density at radius 3 is 2.93 bits per heavy atom. The highest BCUT2D eigenvalue weighted by molar-refractivity contribution is 9.10. The summed E-state index contributed by atoms with van der Waals surface area (Å²) < 4.78 is 1.21. The Bertz CT molecular complexity index is 359. The molecule has 0 bridgehead atoms. The van der Waals surface area contributed by atoms with Crippen molar-refractivity contribution < 1.29 is 0 Å². The molecule has 2 aliphatic carbocycles. The number of hydrogen-bond acceptors (Lipinski definition) is 1. The highest BCUT2D eigenvalue weighted by Crippen LogP contribution is 2.47. The summed E-state index contributed by atoms with van der Waals surface area (Å²) in [5.74, 6) is 1.70. The molecule has 2 unspecified atom stereocenters. The van der Waals surface area contributed by atoms with Crippen LogP contribution in [0.3, 0.4) is 0 Å². The van der Waals surface area contributed by atoms with E-state index in [-0.39, 0.29) is 0 Å². The van der Waals surface area contributed by atoms with E-state index in [1.54, 1.807) is 0 Å². The van der Waals surface area contributed by atoms with E-state index in [0.29, 0.717) is 0 Å². The maximum absolute atomic E-state index is 3.62. The van der Waals surface area contributed by atoms with Gasteiger partial charge in [-0.15, -0.1) is 0 Å². The van der Waals surface area contributed by atoms with Crippen LogP contribution in [0.15, 0.2) is 28.7 Å². The second-order valence-corrected chi connectivity index (χ2v) is 5.76. The summed E-state index contributed by atoms with van der Waals surface area (Å²) in [6.07, 6.45) is 4.17. The molecule has 0 aliphatic heterocycles. The van der Waals surface area contributed by atoms with Crippen LogP contribution in [-0.2, 0) is 0 Å². The Kier molecular flexibility index (Phi) is 2.57. The molecule has 3 rings (SSSR count). The molecule has 1 nitrogen and oxygen atoms in total. The zero-order valence-corrected chi connectivity index (χ0v) is 10.3. The van der Waals surface area contributed by atoms with Crippen molar-refractivity contribution in [1.82, 2.24) is 5.32 Å². The highest BCUT2D eigenvalue weighted by atomic mass is 79.9. The normalized spacial score (nSPS) is 29.1. The molecule has 2 fully saturated rings. The van der Waals surface area contributed by atoms with Gasteiger partial charge >= 0.3 is 0 Å². The van der Waals surface area contributed by atoms with E-state index in [1.807, 2.05) is 0 Å². The van der Waals surface area contributed by atoms with Crippen LogP contribution < -0.4 is 5.32 Å². The zero-order chi connectivity index (χ0) is 10.3. The van der Waals surface area contributed by atoms with Crippen molar-refractivity contribution >= 4 is 15.9 Å². The van der Waals surface area contributed by atoms with E-state index in [9.17, 15) is 0 Å². The van der Waals surface area contributed by atoms with Gasteiger partial charge in [0.05, 0.1) is 0 Å². The van der Waals surface area contributed by atoms with Gasteiger partial charge in [-0.05, 0) is 55.3 Å². The van der Waals surface area contributed by atoms with Crippen molar-refractivity contribution in [2.45, 2.75) is 31.2 Å². The van der Waals surface area contributed by atoms with E-state index < -0.39 is 0 Å². The van der Waals surface area contributed by atoms with E-state index in [0.717, 1.165) is 17.9 Å². The Labute approximate surface area is 99.4 Å². The lowest BCUT2D eigenvalue weighted by atomic mass is 10.1. The second-order valence-electron chi connectivity index (χ2n) is 4.84. The lowest BCUT2D eigenvalue weighted by molar-refractivity contribution is 0.624. The molecule has 15 heavy (non-hydrogen) atoms. The number of hydrogen-bond donors (Lipinski definition) is 1. The van der Waals surface area contributed by atoms with E-state index in [1.165, 1.54) is 35.8 Å². The van der Waals surface area contributed by atoms with Gasteiger partial charge in [-0.1, -0.05) is 28.1 Å². The smallest absolute Gasteiger partial charge is 0.0178 e. The van der Waals surface area contributed by atoms with Gasteiger partial charge in [0.25, 0.3) is 0 Å².